The molecule has 2 unspecified atom stereocenters. The van der Waals surface area contributed by atoms with Crippen LogP contribution in [0.25, 0.3) is 0 Å². The van der Waals surface area contributed by atoms with Gasteiger partial charge in [-0.2, -0.15) is 0 Å². The Morgan fingerprint density at radius 2 is 2.30 bits per heavy atom. The molecule has 1 saturated heterocycles. The molecule has 110 valence electrons. The number of anilines is 1. The predicted molar refractivity (Wildman–Crippen MR) is 80.2 cm³/mol. The number of methoxy groups -OCH3 is 1. The summed E-state index contributed by atoms with van der Waals surface area (Å²) in [4.78, 5) is 14.1. The highest BCUT2D eigenvalue weighted by Crippen LogP contribution is 2.27. The smallest absolute Gasteiger partial charge is 0.238 e. The first-order valence-corrected chi connectivity index (χ1v) is 6.98. The van der Waals surface area contributed by atoms with E-state index in [2.05, 4.69) is 17.1 Å². The first-order chi connectivity index (χ1) is 9.49. The maximum atomic E-state index is 12.1. The molecule has 0 aliphatic carbocycles. The van der Waals surface area contributed by atoms with E-state index in [9.17, 15) is 4.79 Å². The number of rotatable bonds is 4. The molecular weight excluding hydrogens is 278 g/mol. The number of ether oxygens (including phenoxy) is 1. The van der Waals surface area contributed by atoms with Gasteiger partial charge in [-0.3, -0.25) is 9.69 Å². The fraction of sp³-hybridized carbons (Fsp3) is 0.500. The molecule has 0 saturated carbocycles. The third-order valence-corrected chi connectivity index (χ3v) is 3.78. The van der Waals surface area contributed by atoms with Gasteiger partial charge in [0.05, 0.1) is 19.3 Å². The Morgan fingerprint density at radius 3 is 2.90 bits per heavy atom. The molecule has 0 spiro atoms. The summed E-state index contributed by atoms with van der Waals surface area (Å²) in [6, 6.07) is 5.27. The second-order valence-electron chi connectivity index (χ2n) is 5.23. The molecule has 0 radical (unpaired) electrons. The second-order valence-corrected chi connectivity index (χ2v) is 5.66. The quantitative estimate of drug-likeness (QED) is 0.885. The van der Waals surface area contributed by atoms with Gasteiger partial charge in [0.2, 0.25) is 5.91 Å². The van der Waals surface area contributed by atoms with Crippen LogP contribution in [0.15, 0.2) is 18.2 Å². The first kappa shape index (κ1) is 15.1. The molecule has 5 nitrogen and oxygen atoms in total. The van der Waals surface area contributed by atoms with Gasteiger partial charge in [0.25, 0.3) is 0 Å². The Morgan fingerprint density at radius 1 is 1.55 bits per heavy atom. The van der Waals surface area contributed by atoms with E-state index in [1.807, 2.05) is 0 Å². The van der Waals surface area contributed by atoms with Crippen LogP contribution >= 0.6 is 11.6 Å². The highest BCUT2D eigenvalue weighted by molar-refractivity contribution is 6.31. The van der Waals surface area contributed by atoms with Gasteiger partial charge in [-0.05, 0) is 24.1 Å². The van der Waals surface area contributed by atoms with E-state index in [0.717, 1.165) is 13.1 Å². The van der Waals surface area contributed by atoms with Crippen molar-refractivity contribution in [3.8, 4) is 5.75 Å². The zero-order valence-corrected chi connectivity index (χ0v) is 12.5. The number of halogens is 1. The monoisotopic (exact) mass is 297 g/mol. The number of carbonyl (C=O) groups excluding carboxylic acids is 1. The number of hydrogen-bond acceptors (Lipinski definition) is 4. The number of carbonyl (C=O) groups is 1. The van der Waals surface area contributed by atoms with E-state index in [1.54, 1.807) is 25.3 Å². The van der Waals surface area contributed by atoms with Gasteiger partial charge in [-0.25, -0.2) is 0 Å². The summed E-state index contributed by atoms with van der Waals surface area (Å²) in [6.45, 7) is 4.03. The molecule has 3 N–H and O–H groups in total. The Kier molecular flexibility index (Phi) is 4.86. The number of nitrogens with one attached hydrogen (secondary N) is 1. The first-order valence-electron chi connectivity index (χ1n) is 6.61. The summed E-state index contributed by atoms with van der Waals surface area (Å²) < 4.78 is 5.20. The number of amides is 1. The molecule has 1 aliphatic heterocycles. The van der Waals surface area contributed by atoms with Crippen LogP contribution in [0.5, 0.6) is 5.75 Å². The Bertz CT molecular complexity index is 485. The molecule has 1 amide bonds. The predicted octanol–water partition coefficient (Wildman–Crippen LogP) is 1.57. The van der Waals surface area contributed by atoms with E-state index in [-0.39, 0.29) is 11.9 Å². The molecule has 1 fully saturated rings. The molecule has 1 aromatic rings. The molecule has 20 heavy (non-hydrogen) atoms. The third-order valence-electron chi connectivity index (χ3n) is 3.55. The highest BCUT2D eigenvalue weighted by atomic mass is 35.5. The van der Waals surface area contributed by atoms with E-state index in [1.165, 1.54) is 0 Å². The van der Waals surface area contributed by atoms with Gasteiger partial charge in [-0.1, -0.05) is 18.5 Å². The summed E-state index contributed by atoms with van der Waals surface area (Å²) in [7, 11) is 1.56. The number of nitrogens with zero attached hydrogens (tertiary/aromatic N) is 1. The Balaban J connectivity index is 1.96. The maximum absolute atomic E-state index is 12.1. The zero-order valence-electron chi connectivity index (χ0n) is 11.7. The van der Waals surface area contributed by atoms with Crippen LogP contribution in [-0.4, -0.2) is 43.6 Å². The molecule has 1 aromatic carbocycles. The summed E-state index contributed by atoms with van der Waals surface area (Å²) in [5, 5.41) is 3.38. The minimum absolute atomic E-state index is 0.0909. The van der Waals surface area contributed by atoms with Crippen molar-refractivity contribution in [2.24, 2.45) is 11.7 Å². The van der Waals surface area contributed by atoms with E-state index in [0.29, 0.717) is 28.9 Å². The third kappa shape index (κ3) is 3.62. The van der Waals surface area contributed by atoms with Gasteiger partial charge >= 0.3 is 0 Å². The zero-order chi connectivity index (χ0) is 14.7. The van der Waals surface area contributed by atoms with Gasteiger partial charge in [0, 0.05) is 24.2 Å². The highest BCUT2D eigenvalue weighted by Gasteiger charge is 2.27. The number of nitrogens with two attached hydrogens (primary N) is 1. The summed E-state index contributed by atoms with van der Waals surface area (Å²) in [5.74, 6) is 0.921. The van der Waals surface area contributed by atoms with Crippen LogP contribution in [0.1, 0.15) is 6.92 Å². The van der Waals surface area contributed by atoms with Crippen molar-refractivity contribution in [3.05, 3.63) is 23.2 Å². The van der Waals surface area contributed by atoms with Crippen molar-refractivity contribution in [1.82, 2.24) is 4.90 Å². The number of benzene rings is 1. The lowest BCUT2D eigenvalue weighted by Gasteiger charge is -2.16. The molecule has 0 bridgehead atoms. The summed E-state index contributed by atoms with van der Waals surface area (Å²) >= 11 is 5.93. The largest absolute Gasteiger partial charge is 0.495 e. The Hall–Kier alpha value is -1.30. The number of hydrogen-bond donors (Lipinski definition) is 2. The van der Waals surface area contributed by atoms with E-state index >= 15 is 0 Å². The van der Waals surface area contributed by atoms with Crippen molar-refractivity contribution >= 4 is 23.2 Å². The maximum Gasteiger partial charge on any atom is 0.238 e. The van der Waals surface area contributed by atoms with Crippen LogP contribution in [0.3, 0.4) is 0 Å². The van der Waals surface area contributed by atoms with Crippen molar-refractivity contribution < 1.29 is 9.53 Å². The van der Waals surface area contributed by atoms with Crippen LogP contribution in [0.4, 0.5) is 5.69 Å². The topological polar surface area (TPSA) is 67.6 Å². The standard InChI is InChI=1S/C14H20ClN3O2/c1-9-6-18(7-11(9)16)8-14(19)17-12-5-10(15)3-4-13(12)20-2/h3-5,9,11H,6-8,16H2,1-2H3,(H,17,19). The Labute approximate surface area is 124 Å². The number of likely N-dealkylation sites (tertiary alicyclic amines) is 1. The fourth-order valence-electron chi connectivity index (χ4n) is 2.40. The summed E-state index contributed by atoms with van der Waals surface area (Å²) in [5.41, 5.74) is 6.54. The SMILES string of the molecule is COc1ccc(Cl)cc1NC(=O)CN1CC(C)C(N)C1. The van der Waals surface area contributed by atoms with E-state index < -0.39 is 0 Å². The molecule has 1 heterocycles. The average Bonchev–Trinajstić information content (AvgIpc) is 2.68. The normalized spacial score (nSPS) is 22.8. The minimum Gasteiger partial charge on any atom is -0.495 e. The molecule has 2 rings (SSSR count). The van der Waals surface area contributed by atoms with Gasteiger partial charge in [0.15, 0.2) is 0 Å². The molecule has 1 aliphatic rings. The van der Waals surface area contributed by atoms with Crippen molar-refractivity contribution in [1.29, 1.82) is 0 Å². The molecule has 6 heteroatoms. The molecule has 0 aromatic heterocycles. The summed E-state index contributed by atoms with van der Waals surface area (Å²) in [6.07, 6.45) is 0. The molecular formula is C14H20ClN3O2. The molecule has 2 atom stereocenters. The minimum atomic E-state index is -0.0909. The lowest BCUT2D eigenvalue weighted by molar-refractivity contribution is -0.117. The van der Waals surface area contributed by atoms with Crippen molar-refractivity contribution in [3.63, 3.8) is 0 Å². The van der Waals surface area contributed by atoms with Crippen LogP contribution < -0.4 is 15.8 Å². The fourth-order valence-corrected chi connectivity index (χ4v) is 2.57. The van der Waals surface area contributed by atoms with Crippen molar-refractivity contribution in [2.45, 2.75) is 13.0 Å². The van der Waals surface area contributed by atoms with Crippen LogP contribution in [0, 0.1) is 5.92 Å². The van der Waals surface area contributed by atoms with Crippen molar-refractivity contribution in [2.75, 3.05) is 32.1 Å². The second kappa shape index (κ2) is 6.43. The van der Waals surface area contributed by atoms with Gasteiger partial charge in [-0.15, -0.1) is 0 Å². The van der Waals surface area contributed by atoms with Gasteiger partial charge in [0.1, 0.15) is 5.75 Å². The van der Waals surface area contributed by atoms with Crippen LogP contribution in [-0.2, 0) is 4.79 Å². The average molecular weight is 298 g/mol. The lowest BCUT2D eigenvalue weighted by atomic mass is 10.1. The van der Waals surface area contributed by atoms with E-state index in [4.69, 9.17) is 22.1 Å². The van der Waals surface area contributed by atoms with Crippen LogP contribution in [0.2, 0.25) is 5.02 Å². The lowest BCUT2D eigenvalue weighted by Crippen LogP contribution is -2.33. The van der Waals surface area contributed by atoms with Gasteiger partial charge < -0.3 is 15.8 Å².